The number of carbonyl (C=O) groups is 1. The van der Waals surface area contributed by atoms with Gasteiger partial charge in [0.2, 0.25) is 0 Å². The number of carboxylic acid groups (broad SMARTS) is 1. The highest BCUT2D eigenvalue weighted by Gasteiger charge is 2.28. The third-order valence-corrected chi connectivity index (χ3v) is 3.01. The van der Waals surface area contributed by atoms with Crippen molar-refractivity contribution >= 4 is 5.97 Å². The Morgan fingerprint density at radius 3 is 2.76 bits per heavy atom. The number of aromatic carboxylic acids is 1. The van der Waals surface area contributed by atoms with Crippen LogP contribution in [-0.4, -0.2) is 40.3 Å². The first-order valence-electron chi connectivity index (χ1n) is 5.88. The smallest absolute Gasteiger partial charge is 0.335 e. The van der Waals surface area contributed by atoms with Gasteiger partial charge in [0.05, 0.1) is 12.2 Å². The maximum atomic E-state index is 10.9. The molecule has 0 aliphatic heterocycles. The summed E-state index contributed by atoms with van der Waals surface area (Å²) in [6.45, 7) is 1.52. The monoisotopic (exact) mass is 235 g/mol. The van der Waals surface area contributed by atoms with Crippen molar-refractivity contribution in [2.45, 2.75) is 25.4 Å². The first kappa shape index (κ1) is 12.1. The van der Waals surface area contributed by atoms with Crippen LogP contribution in [0.15, 0.2) is 24.3 Å². The third-order valence-electron chi connectivity index (χ3n) is 3.01. The molecule has 0 atom stereocenters. The lowest BCUT2D eigenvalue weighted by Crippen LogP contribution is -2.28. The number of aliphatic hydroxyl groups is 1. The van der Waals surface area contributed by atoms with Crippen molar-refractivity contribution in [3.05, 3.63) is 35.4 Å². The minimum absolute atomic E-state index is 0.148. The van der Waals surface area contributed by atoms with Crippen molar-refractivity contribution < 1.29 is 15.0 Å². The van der Waals surface area contributed by atoms with E-state index < -0.39 is 5.97 Å². The average Bonchev–Trinajstić information content (AvgIpc) is 3.13. The summed E-state index contributed by atoms with van der Waals surface area (Å²) in [7, 11) is 0. The molecule has 4 heteroatoms. The lowest BCUT2D eigenvalue weighted by Gasteiger charge is -2.20. The molecule has 0 heterocycles. The van der Waals surface area contributed by atoms with Crippen LogP contribution in [0.1, 0.15) is 28.8 Å². The second kappa shape index (κ2) is 5.29. The fourth-order valence-corrected chi connectivity index (χ4v) is 2.00. The summed E-state index contributed by atoms with van der Waals surface area (Å²) in [5, 5.41) is 17.9. The Kier molecular flexibility index (Phi) is 3.76. The van der Waals surface area contributed by atoms with Crippen LogP contribution in [0, 0.1) is 0 Å². The van der Waals surface area contributed by atoms with Gasteiger partial charge < -0.3 is 10.2 Å². The number of hydrogen-bond donors (Lipinski definition) is 2. The van der Waals surface area contributed by atoms with Crippen LogP contribution < -0.4 is 0 Å². The summed E-state index contributed by atoms with van der Waals surface area (Å²) in [6.07, 6.45) is 2.36. The van der Waals surface area contributed by atoms with Gasteiger partial charge in [0.15, 0.2) is 0 Å². The van der Waals surface area contributed by atoms with Crippen molar-refractivity contribution in [3.8, 4) is 0 Å². The number of benzene rings is 1. The lowest BCUT2D eigenvalue weighted by molar-refractivity contribution is 0.0696. The number of aliphatic hydroxyl groups excluding tert-OH is 1. The van der Waals surface area contributed by atoms with E-state index in [9.17, 15) is 4.79 Å². The van der Waals surface area contributed by atoms with E-state index in [2.05, 4.69) is 4.90 Å². The van der Waals surface area contributed by atoms with Gasteiger partial charge in [-0.15, -0.1) is 0 Å². The third kappa shape index (κ3) is 3.28. The Balaban J connectivity index is 2.05. The predicted molar refractivity (Wildman–Crippen MR) is 63.9 cm³/mol. The minimum Gasteiger partial charge on any atom is -0.478 e. The molecule has 1 aliphatic rings. The molecule has 0 unspecified atom stereocenters. The zero-order valence-electron chi connectivity index (χ0n) is 9.67. The standard InChI is InChI=1S/C13H17NO3/c15-7-6-14(12-4-5-12)9-10-2-1-3-11(8-10)13(16)17/h1-3,8,12,15H,4-7,9H2,(H,16,17). The van der Waals surface area contributed by atoms with E-state index in [4.69, 9.17) is 10.2 Å². The number of carboxylic acids is 1. The zero-order valence-corrected chi connectivity index (χ0v) is 9.67. The molecule has 1 aliphatic carbocycles. The van der Waals surface area contributed by atoms with Gasteiger partial charge in [0, 0.05) is 19.1 Å². The molecular formula is C13H17NO3. The molecule has 0 amide bonds. The summed E-state index contributed by atoms with van der Waals surface area (Å²) < 4.78 is 0. The molecule has 2 rings (SSSR count). The summed E-state index contributed by atoms with van der Waals surface area (Å²) >= 11 is 0. The minimum atomic E-state index is -0.896. The van der Waals surface area contributed by atoms with E-state index >= 15 is 0 Å². The van der Waals surface area contributed by atoms with Crippen LogP contribution in [-0.2, 0) is 6.54 Å². The fraction of sp³-hybridized carbons (Fsp3) is 0.462. The molecule has 0 radical (unpaired) electrons. The molecule has 1 fully saturated rings. The summed E-state index contributed by atoms with van der Waals surface area (Å²) in [4.78, 5) is 13.1. The van der Waals surface area contributed by atoms with E-state index in [0.717, 1.165) is 5.56 Å². The second-order valence-electron chi connectivity index (χ2n) is 4.43. The van der Waals surface area contributed by atoms with Crippen LogP contribution in [0.25, 0.3) is 0 Å². The molecule has 0 spiro atoms. The highest BCUT2D eigenvalue weighted by Crippen LogP contribution is 2.28. The Labute approximate surface area is 100 Å². The van der Waals surface area contributed by atoms with Gasteiger partial charge in [0.25, 0.3) is 0 Å². The van der Waals surface area contributed by atoms with Crippen LogP contribution in [0.5, 0.6) is 0 Å². The van der Waals surface area contributed by atoms with Gasteiger partial charge in [-0.3, -0.25) is 4.90 Å². The largest absolute Gasteiger partial charge is 0.478 e. The van der Waals surface area contributed by atoms with Gasteiger partial charge in [0.1, 0.15) is 0 Å². The molecule has 1 aromatic carbocycles. The van der Waals surface area contributed by atoms with Crippen molar-refractivity contribution in [1.29, 1.82) is 0 Å². The molecule has 0 bridgehead atoms. The van der Waals surface area contributed by atoms with E-state index in [1.807, 2.05) is 6.07 Å². The van der Waals surface area contributed by atoms with Crippen LogP contribution in [0.2, 0.25) is 0 Å². The normalized spacial score (nSPS) is 15.2. The topological polar surface area (TPSA) is 60.8 Å². The highest BCUT2D eigenvalue weighted by molar-refractivity contribution is 5.87. The maximum absolute atomic E-state index is 10.9. The Morgan fingerprint density at radius 2 is 2.18 bits per heavy atom. The summed E-state index contributed by atoms with van der Waals surface area (Å²) in [5.41, 5.74) is 1.31. The Bertz CT molecular complexity index is 401. The van der Waals surface area contributed by atoms with Gasteiger partial charge in [-0.25, -0.2) is 4.79 Å². The van der Waals surface area contributed by atoms with Gasteiger partial charge in [-0.2, -0.15) is 0 Å². The molecule has 1 saturated carbocycles. The van der Waals surface area contributed by atoms with E-state index in [-0.39, 0.29) is 6.61 Å². The first-order valence-corrected chi connectivity index (χ1v) is 5.88. The van der Waals surface area contributed by atoms with Crippen LogP contribution in [0.4, 0.5) is 0 Å². The molecule has 2 N–H and O–H groups in total. The van der Waals surface area contributed by atoms with Gasteiger partial charge in [-0.1, -0.05) is 12.1 Å². The average molecular weight is 235 g/mol. The fourth-order valence-electron chi connectivity index (χ4n) is 2.00. The number of hydrogen-bond acceptors (Lipinski definition) is 3. The summed E-state index contributed by atoms with van der Waals surface area (Å²) in [6, 6.07) is 7.56. The zero-order chi connectivity index (χ0) is 12.3. The highest BCUT2D eigenvalue weighted by atomic mass is 16.4. The predicted octanol–water partition coefficient (Wildman–Crippen LogP) is 1.34. The number of rotatable bonds is 6. The van der Waals surface area contributed by atoms with Crippen molar-refractivity contribution in [1.82, 2.24) is 4.90 Å². The van der Waals surface area contributed by atoms with E-state index in [1.165, 1.54) is 12.8 Å². The molecular weight excluding hydrogens is 218 g/mol. The second-order valence-corrected chi connectivity index (χ2v) is 4.43. The van der Waals surface area contributed by atoms with Crippen LogP contribution in [0.3, 0.4) is 0 Å². The van der Waals surface area contributed by atoms with E-state index in [0.29, 0.717) is 24.7 Å². The van der Waals surface area contributed by atoms with E-state index in [1.54, 1.807) is 18.2 Å². The molecule has 92 valence electrons. The Morgan fingerprint density at radius 1 is 1.41 bits per heavy atom. The van der Waals surface area contributed by atoms with Crippen molar-refractivity contribution in [3.63, 3.8) is 0 Å². The molecule has 0 saturated heterocycles. The van der Waals surface area contributed by atoms with Crippen molar-refractivity contribution in [2.24, 2.45) is 0 Å². The molecule has 1 aromatic rings. The van der Waals surface area contributed by atoms with Gasteiger partial charge >= 0.3 is 5.97 Å². The van der Waals surface area contributed by atoms with Crippen LogP contribution >= 0.6 is 0 Å². The van der Waals surface area contributed by atoms with Crippen molar-refractivity contribution in [2.75, 3.05) is 13.2 Å². The number of nitrogens with zero attached hydrogens (tertiary/aromatic N) is 1. The quantitative estimate of drug-likeness (QED) is 0.781. The SMILES string of the molecule is O=C(O)c1cccc(CN(CCO)C2CC2)c1. The lowest BCUT2D eigenvalue weighted by atomic mass is 10.1. The molecule has 4 nitrogen and oxygen atoms in total. The van der Waals surface area contributed by atoms with Gasteiger partial charge in [-0.05, 0) is 30.5 Å². The Hall–Kier alpha value is -1.39. The molecule has 17 heavy (non-hydrogen) atoms. The molecule has 0 aromatic heterocycles. The first-order chi connectivity index (χ1) is 8.20. The summed E-state index contributed by atoms with van der Waals surface area (Å²) in [5.74, 6) is -0.896. The maximum Gasteiger partial charge on any atom is 0.335 e.